The Kier molecular flexibility index (Phi) is 9.01. The summed E-state index contributed by atoms with van der Waals surface area (Å²) in [5, 5.41) is 0. The molecular formula is C63H65NO. The summed E-state index contributed by atoms with van der Waals surface area (Å²) >= 11 is 0. The fourth-order valence-corrected chi connectivity index (χ4v) is 17.6. The van der Waals surface area contributed by atoms with Crippen LogP contribution in [0.4, 0.5) is 0 Å². The van der Waals surface area contributed by atoms with Crippen LogP contribution in [0.1, 0.15) is 95.5 Å². The Balaban J connectivity index is 0.922. The molecule has 0 aromatic heterocycles. The Morgan fingerprint density at radius 3 is 2.48 bits per heavy atom. The van der Waals surface area contributed by atoms with E-state index in [0.717, 1.165) is 50.7 Å². The van der Waals surface area contributed by atoms with Crippen LogP contribution in [0.25, 0.3) is 0 Å². The molecule has 0 amide bonds. The molecule has 2 heteroatoms. The van der Waals surface area contributed by atoms with Crippen molar-refractivity contribution < 1.29 is 4.74 Å². The highest BCUT2D eigenvalue weighted by molar-refractivity contribution is 5.66. The molecular weight excluding hydrogens is 787 g/mol. The predicted molar refractivity (Wildman–Crippen MR) is 266 cm³/mol. The van der Waals surface area contributed by atoms with Gasteiger partial charge < -0.3 is 9.64 Å². The first-order chi connectivity index (χ1) is 32.2. The molecule has 0 saturated heterocycles. The molecule has 1 heterocycles. The monoisotopic (exact) mass is 852 g/mol. The quantitative estimate of drug-likeness (QED) is 0.274. The zero-order chi connectivity index (χ0) is 42.9. The lowest BCUT2D eigenvalue weighted by molar-refractivity contribution is 0.109. The maximum atomic E-state index is 6.87. The number of hydrogen-bond donors (Lipinski definition) is 0. The van der Waals surface area contributed by atoms with Crippen molar-refractivity contribution in [3.63, 3.8) is 0 Å². The molecule has 0 bridgehead atoms. The van der Waals surface area contributed by atoms with Gasteiger partial charge in [-0.05, 0) is 141 Å². The van der Waals surface area contributed by atoms with Crippen molar-refractivity contribution in [3.8, 4) is 5.75 Å². The highest BCUT2D eigenvalue weighted by Crippen LogP contribution is 2.73. The van der Waals surface area contributed by atoms with E-state index in [0.29, 0.717) is 59.3 Å². The molecule has 65 heavy (non-hydrogen) atoms. The summed E-state index contributed by atoms with van der Waals surface area (Å²) in [4.78, 5) is 3.07. The number of benzene rings is 1. The molecule has 1 saturated carbocycles. The molecule has 0 radical (unpaired) electrons. The van der Waals surface area contributed by atoms with Crippen molar-refractivity contribution in [2.75, 3.05) is 0 Å². The molecule has 0 N–H and O–H groups in total. The van der Waals surface area contributed by atoms with E-state index >= 15 is 0 Å². The molecule has 1 aromatic carbocycles. The number of allylic oxidation sites excluding steroid dienone is 26. The van der Waals surface area contributed by atoms with Crippen molar-refractivity contribution in [2.24, 2.45) is 58.2 Å². The average Bonchev–Trinajstić information content (AvgIpc) is 4.08. The Morgan fingerprint density at radius 2 is 1.57 bits per heavy atom. The number of para-hydroxylation sites is 1. The summed E-state index contributed by atoms with van der Waals surface area (Å²) in [7, 11) is 0. The molecule has 1 aromatic rings. The van der Waals surface area contributed by atoms with Crippen molar-refractivity contribution in [1.29, 1.82) is 0 Å². The van der Waals surface area contributed by atoms with Crippen LogP contribution < -0.4 is 4.74 Å². The third kappa shape index (κ3) is 5.35. The van der Waals surface area contributed by atoms with Gasteiger partial charge in [0.2, 0.25) is 0 Å². The molecule has 1 fully saturated rings. The highest BCUT2D eigenvalue weighted by Gasteiger charge is 2.65. The molecule has 14 rings (SSSR count). The summed E-state index contributed by atoms with van der Waals surface area (Å²) in [6.45, 7) is 2.61. The van der Waals surface area contributed by atoms with Gasteiger partial charge in [0.05, 0.1) is 6.04 Å². The van der Waals surface area contributed by atoms with E-state index in [1.807, 2.05) is 0 Å². The Hall–Kier alpha value is -5.08. The summed E-state index contributed by atoms with van der Waals surface area (Å²) in [6, 6.07) is 9.62. The van der Waals surface area contributed by atoms with Crippen molar-refractivity contribution >= 4 is 0 Å². The first kappa shape index (κ1) is 39.1. The summed E-state index contributed by atoms with van der Waals surface area (Å²) in [6.07, 6.45) is 69.9. The first-order valence-electron chi connectivity index (χ1n) is 26.0. The van der Waals surface area contributed by atoms with E-state index in [1.54, 1.807) is 44.7 Å². The molecule has 12 aliphatic carbocycles. The second-order valence-electron chi connectivity index (χ2n) is 22.0. The zero-order valence-electron chi connectivity index (χ0n) is 38.3. The van der Waals surface area contributed by atoms with Crippen LogP contribution in [-0.2, 0) is 0 Å². The molecule has 14 atom stereocenters. The van der Waals surface area contributed by atoms with Gasteiger partial charge >= 0.3 is 0 Å². The van der Waals surface area contributed by atoms with E-state index in [1.165, 1.54) is 37.7 Å². The van der Waals surface area contributed by atoms with E-state index in [4.69, 9.17) is 4.74 Å². The second kappa shape index (κ2) is 15.0. The third-order valence-corrected chi connectivity index (χ3v) is 19.6. The molecule has 2 nitrogen and oxygen atoms in total. The smallest absolute Gasteiger partial charge is 0.126 e. The van der Waals surface area contributed by atoms with Gasteiger partial charge in [0.25, 0.3) is 0 Å². The summed E-state index contributed by atoms with van der Waals surface area (Å²) in [5.74, 6) is 5.66. The Bertz CT molecular complexity index is 2700. The van der Waals surface area contributed by atoms with E-state index < -0.39 is 0 Å². The Labute approximate surface area is 388 Å². The maximum Gasteiger partial charge on any atom is 0.126 e. The van der Waals surface area contributed by atoms with Gasteiger partial charge in [-0.25, -0.2) is 0 Å². The lowest BCUT2D eigenvalue weighted by atomic mass is 9.55. The summed E-state index contributed by atoms with van der Waals surface area (Å²) < 4.78 is 6.87. The topological polar surface area (TPSA) is 12.5 Å². The fraction of sp³-hybridized carbons (Fsp3) is 0.429. The molecule has 328 valence electrons. The number of fused-ring (bicyclic) bond motifs is 14. The standard InChI is InChI=1S/C63H65NO/c1-40-18-16-27-49-46-24-9-14-30-54(46)63(61(40)49)53-29-13-8-23-45(53)48-36-34-44(39-56(48)63)64(57-31-17-33-59-60(57)50-26-11-15-32-58(50)65-59)43-35-37-55-51(38-43)47-25-10-12-28-52(47)62(55,41-19-4-2-5-20-41)42-21-6-3-7-22-42/h2,4,6,8-13,15,17,19,21-29,32-36,40,44-45,47,51-53,55,57,59-61H,3,5,7,14,16,18,20,30-31,37-39H2,1H3. The van der Waals surface area contributed by atoms with Crippen LogP contribution in [0.5, 0.6) is 5.75 Å². The van der Waals surface area contributed by atoms with Gasteiger partial charge in [0.1, 0.15) is 11.9 Å². The minimum absolute atomic E-state index is 0.0321. The van der Waals surface area contributed by atoms with Crippen LogP contribution in [0.15, 0.2) is 203 Å². The molecule has 13 aliphatic rings. The average molecular weight is 852 g/mol. The number of hydrogen-bond acceptors (Lipinski definition) is 2. The molecule has 14 unspecified atom stereocenters. The van der Waals surface area contributed by atoms with Crippen molar-refractivity contribution in [1.82, 2.24) is 4.90 Å². The van der Waals surface area contributed by atoms with Crippen LogP contribution in [-0.4, -0.2) is 23.1 Å². The van der Waals surface area contributed by atoms with Crippen LogP contribution in [0.3, 0.4) is 0 Å². The maximum absolute atomic E-state index is 6.87. The third-order valence-electron chi connectivity index (χ3n) is 19.6. The Morgan fingerprint density at radius 1 is 0.692 bits per heavy atom. The number of rotatable bonds is 5. The normalized spacial score (nSPS) is 41.7. The van der Waals surface area contributed by atoms with Gasteiger partial charge in [-0.1, -0.05) is 169 Å². The highest BCUT2D eigenvalue weighted by atomic mass is 16.5. The van der Waals surface area contributed by atoms with Gasteiger partial charge in [-0.15, -0.1) is 0 Å². The lowest BCUT2D eigenvalue weighted by Gasteiger charge is -2.51. The van der Waals surface area contributed by atoms with Crippen LogP contribution >= 0.6 is 0 Å². The summed E-state index contributed by atoms with van der Waals surface area (Å²) in [5.41, 5.74) is 14.9. The fourth-order valence-electron chi connectivity index (χ4n) is 17.6. The SMILES string of the molecule is CC1CCC=C2C3=C(CCC=C3)C3(C4=C(C=CC(N(C5=CCC6C(C5)C5C=CC=CC5C6(C5=CCCC=C5)C5=CC=CCC5)C5CC=CC6Oc7ccccc7C65)C4)C4C=CC=CC43)C21. The zero-order valence-corrected chi connectivity index (χ0v) is 38.3. The largest absolute Gasteiger partial charge is 0.485 e. The lowest BCUT2D eigenvalue weighted by Crippen LogP contribution is -2.50. The minimum atomic E-state index is 0.0321. The van der Waals surface area contributed by atoms with E-state index in [-0.39, 0.29) is 23.0 Å². The second-order valence-corrected chi connectivity index (χ2v) is 22.0. The van der Waals surface area contributed by atoms with E-state index in [2.05, 4.69) is 170 Å². The number of nitrogens with zero attached hydrogens (tertiary/aromatic N) is 1. The predicted octanol–water partition coefficient (Wildman–Crippen LogP) is 14.6. The molecule has 1 spiro atoms. The van der Waals surface area contributed by atoms with Crippen LogP contribution in [0, 0.1) is 58.2 Å². The van der Waals surface area contributed by atoms with Crippen molar-refractivity contribution in [2.45, 2.75) is 108 Å². The first-order valence-corrected chi connectivity index (χ1v) is 26.0. The number of ether oxygens (including phenoxy) is 1. The van der Waals surface area contributed by atoms with Gasteiger partial charge in [-0.2, -0.15) is 0 Å². The van der Waals surface area contributed by atoms with Crippen molar-refractivity contribution in [3.05, 3.63) is 208 Å². The molecule has 1 aliphatic heterocycles. The van der Waals surface area contributed by atoms with Gasteiger partial charge in [0.15, 0.2) is 0 Å². The minimum Gasteiger partial charge on any atom is -0.485 e. The van der Waals surface area contributed by atoms with Crippen LogP contribution in [0.2, 0.25) is 0 Å². The van der Waals surface area contributed by atoms with Gasteiger partial charge in [-0.3, -0.25) is 0 Å². The van der Waals surface area contributed by atoms with Gasteiger partial charge in [0, 0.05) is 51.8 Å². The van der Waals surface area contributed by atoms with E-state index in [9.17, 15) is 0 Å².